The quantitative estimate of drug-likeness (QED) is 0.728. The summed E-state index contributed by atoms with van der Waals surface area (Å²) in [5.74, 6) is 1.55. The molecule has 26 heavy (non-hydrogen) atoms. The van der Waals surface area contributed by atoms with E-state index in [1.54, 1.807) is 6.20 Å². The van der Waals surface area contributed by atoms with Crippen LogP contribution >= 0.6 is 0 Å². The van der Waals surface area contributed by atoms with Gasteiger partial charge in [0.2, 0.25) is 0 Å². The Bertz CT molecular complexity index is 679. The van der Waals surface area contributed by atoms with E-state index in [2.05, 4.69) is 15.2 Å². The second-order valence-electron chi connectivity index (χ2n) is 9.01. The Kier molecular flexibility index (Phi) is 4.48. The lowest BCUT2D eigenvalue weighted by atomic mass is 9.87. The molecule has 0 spiro atoms. The molecule has 6 nitrogen and oxygen atoms in total. The number of rotatable bonds is 6. The third-order valence-electron chi connectivity index (χ3n) is 6.01. The summed E-state index contributed by atoms with van der Waals surface area (Å²) in [5, 5.41) is 8.19. The van der Waals surface area contributed by atoms with Gasteiger partial charge in [0, 0.05) is 32.1 Å². The summed E-state index contributed by atoms with van der Waals surface area (Å²) in [6, 6.07) is 0. The van der Waals surface area contributed by atoms with Crippen LogP contribution < -0.4 is 0 Å². The van der Waals surface area contributed by atoms with Gasteiger partial charge in [0.25, 0.3) is 0 Å². The number of likely N-dealkylation sites (tertiary alicyclic amines) is 1. The molecule has 0 unspecified atom stereocenters. The van der Waals surface area contributed by atoms with Crippen LogP contribution in [0.4, 0.5) is 4.39 Å². The average molecular weight is 362 g/mol. The summed E-state index contributed by atoms with van der Waals surface area (Å²) in [5.41, 5.74) is -1.10. The number of halogens is 1. The molecule has 1 aromatic rings. The Morgan fingerprint density at radius 3 is 2.46 bits per heavy atom. The van der Waals surface area contributed by atoms with Gasteiger partial charge < -0.3 is 14.2 Å². The first-order valence-electron chi connectivity index (χ1n) is 9.57. The first kappa shape index (κ1) is 18.1. The molecule has 0 N–H and O–H groups in total. The first-order chi connectivity index (χ1) is 12.2. The van der Waals surface area contributed by atoms with E-state index in [-0.39, 0.29) is 0 Å². The van der Waals surface area contributed by atoms with Crippen molar-refractivity contribution < 1.29 is 13.7 Å². The van der Waals surface area contributed by atoms with E-state index < -0.39 is 24.0 Å². The highest BCUT2D eigenvalue weighted by Crippen LogP contribution is 2.39. The normalized spacial score (nSPS) is 26.3. The van der Waals surface area contributed by atoms with E-state index in [9.17, 15) is 4.39 Å². The average Bonchev–Trinajstić information content (AvgIpc) is 3.17. The lowest BCUT2D eigenvalue weighted by Crippen LogP contribution is -2.49. The summed E-state index contributed by atoms with van der Waals surface area (Å²) < 4.78 is 27.8. The van der Waals surface area contributed by atoms with Crippen LogP contribution in [0.5, 0.6) is 0 Å². The molecule has 0 aromatic carbocycles. The predicted octanol–water partition coefficient (Wildman–Crippen LogP) is 2.56. The minimum atomic E-state index is -0.993. The molecule has 142 valence electrons. The van der Waals surface area contributed by atoms with Gasteiger partial charge in [0.1, 0.15) is 11.4 Å². The Labute approximate surface area is 154 Å². The molecule has 0 bridgehead atoms. The molecule has 1 aromatic heterocycles. The second kappa shape index (κ2) is 6.42. The van der Waals surface area contributed by atoms with E-state index in [1.165, 1.54) is 25.5 Å². The molecular weight excluding hydrogens is 334 g/mol. The monoisotopic (exact) mass is 362 g/mol. The van der Waals surface area contributed by atoms with E-state index in [1.807, 2.05) is 32.4 Å². The number of aromatic nitrogens is 3. The lowest BCUT2D eigenvalue weighted by Gasteiger charge is -2.39. The van der Waals surface area contributed by atoms with E-state index in [4.69, 9.17) is 9.31 Å². The van der Waals surface area contributed by atoms with Crippen molar-refractivity contribution in [2.75, 3.05) is 19.6 Å². The topological polar surface area (TPSA) is 52.4 Å². The molecule has 0 radical (unpaired) electrons. The van der Waals surface area contributed by atoms with Gasteiger partial charge in [-0.25, -0.2) is 4.39 Å². The van der Waals surface area contributed by atoms with Gasteiger partial charge >= 0.3 is 7.12 Å². The Morgan fingerprint density at radius 2 is 1.85 bits per heavy atom. The molecule has 2 saturated heterocycles. The zero-order chi connectivity index (χ0) is 18.5. The van der Waals surface area contributed by atoms with Gasteiger partial charge in [-0.3, -0.25) is 4.68 Å². The summed E-state index contributed by atoms with van der Waals surface area (Å²) in [7, 11) is -0.993. The van der Waals surface area contributed by atoms with Crippen LogP contribution in [0.25, 0.3) is 6.08 Å². The van der Waals surface area contributed by atoms with Gasteiger partial charge in [-0.1, -0.05) is 5.21 Å². The highest BCUT2D eigenvalue weighted by atomic mass is 19.1. The number of hydrogen-bond acceptors (Lipinski definition) is 5. The van der Waals surface area contributed by atoms with Crippen LogP contribution in [0.1, 0.15) is 46.2 Å². The molecule has 3 aliphatic rings. The zero-order valence-electron chi connectivity index (χ0n) is 16.1. The van der Waals surface area contributed by atoms with Gasteiger partial charge in [0.05, 0.1) is 17.4 Å². The van der Waals surface area contributed by atoms with Crippen molar-refractivity contribution in [3.05, 3.63) is 17.6 Å². The molecule has 0 atom stereocenters. The maximum atomic E-state index is 14.5. The fourth-order valence-corrected chi connectivity index (χ4v) is 3.51. The molecule has 3 heterocycles. The van der Waals surface area contributed by atoms with Crippen molar-refractivity contribution in [2.24, 2.45) is 11.8 Å². The fourth-order valence-electron chi connectivity index (χ4n) is 3.51. The van der Waals surface area contributed by atoms with Crippen LogP contribution in [0.2, 0.25) is 0 Å². The van der Waals surface area contributed by atoms with Gasteiger partial charge in [-0.05, 0) is 52.5 Å². The highest BCUT2D eigenvalue weighted by molar-refractivity contribution is 6.54. The largest absolute Gasteiger partial charge is 0.525 e. The van der Waals surface area contributed by atoms with E-state index in [0.29, 0.717) is 11.6 Å². The third kappa shape index (κ3) is 3.73. The predicted molar refractivity (Wildman–Crippen MR) is 97.8 cm³/mol. The highest BCUT2D eigenvalue weighted by Gasteiger charge is 2.53. The summed E-state index contributed by atoms with van der Waals surface area (Å²) in [6.45, 7) is 12.0. The standard InChI is InChI=1S/C18H28BFN4O2/c1-17(2)18(3,4)26-19(25-17)16(20)7-15-12-24(22-21-15)11-14-9-23(10-14)8-13-5-6-13/h7,12-14H,5-6,8-11H2,1-4H3. The number of hydrogen-bond donors (Lipinski definition) is 0. The first-order valence-corrected chi connectivity index (χ1v) is 9.57. The van der Waals surface area contributed by atoms with Crippen LogP contribution in [0, 0.1) is 11.8 Å². The van der Waals surface area contributed by atoms with Crippen molar-refractivity contribution in [1.29, 1.82) is 0 Å². The zero-order valence-corrected chi connectivity index (χ0v) is 16.1. The molecule has 4 rings (SSSR count). The van der Waals surface area contributed by atoms with Crippen molar-refractivity contribution in [3.8, 4) is 0 Å². The smallest absolute Gasteiger partial charge is 0.398 e. The molecule has 8 heteroatoms. The number of nitrogens with zero attached hydrogens (tertiary/aromatic N) is 4. The molecule has 1 aliphatic carbocycles. The fraction of sp³-hybridized carbons (Fsp3) is 0.778. The maximum absolute atomic E-state index is 14.5. The van der Waals surface area contributed by atoms with Crippen LogP contribution in [-0.4, -0.2) is 57.8 Å². The molecule has 1 saturated carbocycles. The van der Waals surface area contributed by atoms with Gasteiger partial charge in [0.15, 0.2) is 0 Å². The summed E-state index contributed by atoms with van der Waals surface area (Å²) in [6.07, 6.45) is 5.93. The van der Waals surface area contributed by atoms with Crippen LogP contribution in [-0.2, 0) is 15.9 Å². The second-order valence-corrected chi connectivity index (χ2v) is 9.01. The molecule has 3 fully saturated rings. The summed E-state index contributed by atoms with van der Waals surface area (Å²) >= 11 is 0. The minimum Gasteiger partial charge on any atom is -0.398 e. The lowest BCUT2D eigenvalue weighted by molar-refractivity contribution is 0.00578. The molecule has 0 amide bonds. The van der Waals surface area contributed by atoms with Crippen molar-refractivity contribution in [1.82, 2.24) is 19.9 Å². The van der Waals surface area contributed by atoms with Crippen molar-refractivity contribution in [3.63, 3.8) is 0 Å². The van der Waals surface area contributed by atoms with Crippen LogP contribution in [0.3, 0.4) is 0 Å². The SMILES string of the molecule is CC1(C)OB(C(F)=Cc2cn(CC3CN(CC4CC4)C3)nn2)OC1(C)C. The third-order valence-corrected chi connectivity index (χ3v) is 6.01. The van der Waals surface area contributed by atoms with Crippen LogP contribution in [0.15, 0.2) is 11.9 Å². The van der Waals surface area contributed by atoms with Gasteiger partial charge in [-0.2, -0.15) is 0 Å². The molecular formula is C18H28BFN4O2. The summed E-state index contributed by atoms with van der Waals surface area (Å²) in [4.78, 5) is 2.51. The Hall–Kier alpha value is -1.25. The maximum Gasteiger partial charge on any atom is 0.525 e. The Balaban J connectivity index is 1.31. The van der Waals surface area contributed by atoms with E-state index in [0.717, 1.165) is 25.6 Å². The van der Waals surface area contributed by atoms with E-state index >= 15 is 0 Å². The van der Waals surface area contributed by atoms with Crippen molar-refractivity contribution in [2.45, 2.75) is 58.3 Å². The van der Waals surface area contributed by atoms with Gasteiger partial charge in [-0.15, -0.1) is 5.10 Å². The van der Waals surface area contributed by atoms with Crippen molar-refractivity contribution >= 4 is 13.2 Å². The Morgan fingerprint density at radius 1 is 1.19 bits per heavy atom. The minimum absolute atomic E-state index is 0.477. The molecule has 2 aliphatic heterocycles.